The molecule has 74 valence electrons. The molecule has 0 saturated carbocycles. The molecule has 0 atom stereocenters. The van der Waals surface area contributed by atoms with E-state index >= 15 is 0 Å². The average Bonchev–Trinajstić information content (AvgIpc) is 2.28. The number of hydrogen-bond donors (Lipinski definition) is 0. The van der Waals surface area contributed by atoms with Crippen LogP contribution in [0, 0.1) is 0 Å². The van der Waals surface area contributed by atoms with Crippen molar-refractivity contribution < 1.29 is 29.6 Å². The van der Waals surface area contributed by atoms with E-state index in [-0.39, 0.29) is 29.6 Å². The molecule has 0 saturated heterocycles. The van der Waals surface area contributed by atoms with Crippen LogP contribution < -0.4 is 29.6 Å². The molecule has 1 heterocycles. The number of hydrogen-bond acceptors (Lipinski definition) is 0. The minimum absolute atomic E-state index is 0. The van der Waals surface area contributed by atoms with Gasteiger partial charge in [0.2, 0.25) is 0 Å². The van der Waals surface area contributed by atoms with Gasteiger partial charge in [0, 0.05) is 0 Å². The molecule has 0 fully saturated rings. The fourth-order valence-corrected chi connectivity index (χ4v) is 7.71. The minimum atomic E-state index is 0. The molecule has 0 amide bonds. The van der Waals surface area contributed by atoms with Crippen LogP contribution in [0.25, 0.3) is 0 Å². The Morgan fingerprint density at radius 3 is 1.21 bits per heavy atom. The quantitative estimate of drug-likeness (QED) is 0.624. The maximum absolute atomic E-state index is 2.32. The van der Waals surface area contributed by atoms with Crippen LogP contribution in [0.1, 0.15) is 51.6 Å². The predicted molar refractivity (Wildman–Crippen MR) is 67.0 cm³/mol. The summed E-state index contributed by atoms with van der Waals surface area (Å²) in [5.41, 5.74) is 0.784. The summed E-state index contributed by atoms with van der Waals surface area (Å²) in [4.78, 5) is 0. The Kier molecular flexibility index (Phi) is 5.94. The van der Waals surface area contributed by atoms with Gasteiger partial charge >= 0.3 is 29.6 Å². The molecule has 0 bridgehead atoms. The molecule has 0 N–H and O–H groups in total. The van der Waals surface area contributed by atoms with E-state index in [1.54, 1.807) is 10.1 Å². The summed E-state index contributed by atoms with van der Waals surface area (Å²) in [5.74, 6) is 0. The van der Waals surface area contributed by atoms with Gasteiger partial charge in [-0.25, -0.2) is 8.19 Å². The maximum atomic E-state index is 2.32. The van der Waals surface area contributed by atoms with Crippen molar-refractivity contribution in [2.24, 2.45) is 0 Å². The Labute approximate surface area is 115 Å². The molecule has 0 unspecified atom stereocenters. The standard InChI is InChI=1S/C10H18P3.Na/c1-9(2,3)7-11-8(13-12-7)10(4,5)6;/h1-6H3;/q-1;+1. The van der Waals surface area contributed by atoms with Crippen molar-refractivity contribution in [2.45, 2.75) is 52.4 Å². The van der Waals surface area contributed by atoms with Crippen LogP contribution in [0.2, 0.25) is 0 Å². The Hall–Kier alpha value is 1.64. The Bertz CT molecular complexity index is 263. The molecular formula is C10H18NaP3. The fraction of sp³-hybridized carbons (Fsp3) is 0.800. The van der Waals surface area contributed by atoms with Gasteiger partial charge in [0.05, 0.1) is 0 Å². The average molecular weight is 254 g/mol. The molecule has 1 aromatic heterocycles. The third-order valence-electron chi connectivity index (χ3n) is 1.79. The van der Waals surface area contributed by atoms with Gasteiger partial charge in [-0.2, -0.15) is 0 Å². The van der Waals surface area contributed by atoms with E-state index in [1.165, 1.54) is 23.9 Å². The first-order chi connectivity index (χ1) is 5.71. The Morgan fingerprint density at radius 2 is 1.07 bits per heavy atom. The van der Waals surface area contributed by atoms with E-state index in [4.69, 9.17) is 0 Å². The van der Waals surface area contributed by atoms with Gasteiger partial charge in [0.1, 0.15) is 0 Å². The first-order valence-electron chi connectivity index (χ1n) is 4.59. The van der Waals surface area contributed by atoms with Crippen molar-refractivity contribution in [1.82, 2.24) is 0 Å². The predicted octanol–water partition coefficient (Wildman–Crippen LogP) is 2.74. The molecule has 4 heteroatoms. The zero-order chi connectivity index (χ0) is 10.3. The van der Waals surface area contributed by atoms with E-state index in [2.05, 4.69) is 41.5 Å². The molecule has 14 heavy (non-hydrogen) atoms. The van der Waals surface area contributed by atoms with Crippen molar-refractivity contribution in [3.05, 3.63) is 10.1 Å². The molecule has 0 aliphatic heterocycles. The third-order valence-corrected chi connectivity index (χ3v) is 9.03. The van der Waals surface area contributed by atoms with Gasteiger partial charge in [-0.3, -0.25) is 15.7 Å². The molecule has 0 nitrogen and oxygen atoms in total. The molecule has 0 aliphatic carbocycles. The largest absolute Gasteiger partial charge is 1.00 e. The van der Waals surface area contributed by atoms with Gasteiger partial charge in [-0.1, -0.05) is 41.5 Å². The summed E-state index contributed by atoms with van der Waals surface area (Å²) in [6.07, 6.45) is 0. The molecule has 0 radical (unpaired) electrons. The molecule has 0 spiro atoms. The van der Waals surface area contributed by atoms with Crippen LogP contribution in [-0.2, 0) is 10.8 Å². The summed E-state index contributed by atoms with van der Waals surface area (Å²) >= 11 is 0. The van der Waals surface area contributed by atoms with Crippen LogP contribution in [0.3, 0.4) is 0 Å². The smallest absolute Gasteiger partial charge is 0.274 e. The van der Waals surface area contributed by atoms with Gasteiger partial charge < -0.3 is 0 Å². The van der Waals surface area contributed by atoms with E-state index in [0.29, 0.717) is 10.8 Å². The van der Waals surface area contributed by atoms with Crippen molar-refractivity contribution >= 4 is 23.9 Å². The van der Waals surface area contributed by atoms with Crippen LogP contribution >= 0.6 is 23.9 Å². The zero-order valence-corrected chi connectivity index (χ0v) is 15.0. The first kappa shape index (κ1) is 15.6. The number of rotatable bonds is 0. The Balaban J connectivity index is 0.00000169. The summed E-state index contributed by atoms with van der Waals surface area (Å²) in [7, 11) is 4.59. The third kappa shape index (κ3) is 4.25. The van der Waals surface area contributed by atoms with Gasteiger partial charge in [-0.05, 0) is 10.8 Å². The van der Waals surface area contributed by atoms with Crippen LogP contribution in [0.4, 0.5) is 0 Å². The van der Waals surface area contributed by atoms with Crippen LogP contribution in [0.5, 0.6) is 0 Å². The van der Waals surface area contributed by atoms with Crippen molar-refractivity contribution in [1.29, 1.82) is 0 Å². The van der Waals surface area contributed by atoms with Gasteiger partial charge in [-0.15, -0.1) is 10.1 Å². The van der Waals surface area contributed by atoms with E-state index in [0.717, 1.165) is 0 Å². The first-order valence-corrected chi connectivity index (χ1v) is 7.98. The van der Waals surface area contributed by atoms with Crippen molar-refractivity contribution in [2.75, 3.05) is 0 Å². The molecular weight excluding hydrogens is 236 g/mol. The molecule has 0 aliphatic rings. The van der Waals surface area contributed by atoms with Crippen LogP contribution in [-0.4, -0.2) is 0 Å². The van der Waals surface area contributed by atoms with E-state index < -0.39 is 0 Å². The minimum Gasteiger partial charge on any atom is -0.274 e. The van der Waals surface area contributed by atoms with Crippen molar-refractivity contribution in [3.8, 4) is 0 Å². The molecule has 1 aromatic rings. The second kappa shape index (κ2) is 5.31. The summed E-state index contributed by atoms with van der Waals surface area (Å²) in [6.45, 7) is 13.9. The normalized spacial score (nSPS) is 14.1. The topological polar surface area (TPSA) is 0 Å². The summed E-state index contributed by atoms with van der Waals surface area (Å²) < 4.78 is 0. The van der Waals surface area contributed by atoms with Crippen LogP contribution in [0.15, 0.2) is 0 Å². The fourth-order valence-electron chi connectivity index (χ4n) is 0.875. The second-order valence-electron chi connectivity index (χ2n) is 5.46. The monoisotopic (exact) mass is 254 g/mol. The zero-order valence-electron chi connectivity index (χ0n) is 10.3. The molecule has 1 rings (SSSR count). The SMILES string of the molecule is CC(C)(C)c1ppc(C(C)(C)C)[p-]1.[Na+]. The Morgan fingerprint density at radius 1 is 0.786 bits per heavy atom. The van der Waals surface area contributed by atoms with Gasteiger partial charge in [0.25, 0.3) is 0 Å². The van der Waals surface area contributed by atoms with Gasteiger partial charge in [0.15, 0.2) is 0 Å². The second-order valence-corrected chi connectivity index (χ2v) is 9.78. The summed E-state index contributed by atoms with van der Waals surface area (Å²) in [6, 6.07) is 0. The summed E-state index contributed by atoms with van der Waals surface area (Å²) in [5, 5.41) is 3.36. The van der Waals surface area contributed by atoms with E-state index in [1.807, 2.05) is 0 Å². The molecule has 0 aromatic carbocycles. The van der Waals surface area contributed by atoms with Crippen molar-refractivity contribution in [3.63, 3.8) is 0 Å². The van der Waals surface area contributed by atoms with E-state index in [9.17, 15) is 0 Å². The maximum Gasteiger partial charge on any atom is 1.00 e.